The molecule has 0 aromatic heterocycles. The Labute approximate surface area is 256 Å². The molecule has 4 aromatic rings. The first-order valence-electron chi connectivity index (χ1n) is 11.1. The van der Waals surface area contributed by atoms with Gasteiger partial charge >= 0.3 is 29.6 Å². The molecule has 0 aliphatic heterocycles. The van der Waals surface area contributed by atoms with E-state index in [2.05, 4.69) is 15.5 Å². The van der Waals surface area contributed by atoms with Crippen LogP contribution in [0.4, 0.5) is 17.1 Å². The molecule has 0 aliphatic rings. The van der Waals surface area contributed by atoms with Crippen LogP contribution in [0.5, 0.6) is 11.5 Å². The van der Waals surface area contributed by atoms with Crippen molar-refractivity contribution in [2.45, 2.75) is 18.2 Å². The second-order valence-electron chi connectivity index (χ2n) is 8.06. The van der Waals surface area contributed by atoms with Gasteiger partial charge in [-0.3, -0.25) is 9.35 Å². The van der Waals surface area contributed by atoms with Gasteiger partial charge < -0.3 is 15.2 Å². The van der Waals surface area contributed by atoms with E-state index in [1.54, 1.807) is 37.3 Å². The maximum atomic E-state index is 13.4. The number of anilines is 1. The molecule has 0 aliphatic carbocycles. The molecule has 13 heteroatoms. The van der Waals surface area contributed by atoms with Gasteiger partial charge in [-0.15, -0.1) is 5.11 Å². The number of aryl methyl sites for hydroxylation is 1. The summed E-state index contributed by atoms with van der Waals surface area (Å²) < 4.78 is 38.8. The first-order valence-corrected chi connectivity index (χ1v) is 13.3. The minimum absolute atomic E-state index is 0. The van der Waals surface area contributed by atoms with Gasteiger partial charge in [-0.05, 0) is 47.7 Å². The maximum Gasteiger partial charge on any atom is 1.00 e. The summed E-state index contributed by atoms with van der Waals surface area (Å²) in [5, 5.41) is 25.6. The quantitative estimate of drug-likeness (QED) is 0.189. The van der Waals surface area contributed by atoms with Crippen LogP contribution in [-0.4, -0.2) is 26.0 Å². The largest absolute Gasteiger partial charge is 1.00 e. The molecule has 0 fully saturated rings. The van der Waals surface area contributed by atoms with Crippen LogP contribution in [0.25, 0.3) is 10.8 Å². The van der Waals surface area contributed by atoms with E-state index in [0.29, 0.717) is 39.2 Å². The number of benzene rings is 4. The Morgan fingerprint density at radius 1 is 1.08 bits per heavy atom. The number of nitrogens with one attached hydrogen (secondary N) is 1. The Bertz CT molecular complexity index is 1710. The van der Waals surface area contributed by atoms with Crippen molar-refractivity contribution < 1.29 is 57.2 Å². The molecule has 0 radical (unpaired) electrons. The van der Waals surface area contributed by atoms with Crippen molar-refractivity contribution in [3.63, 3.8) is 0 Å². The summed E-state index contributed by atoms with van der Waals surface area (Å²) in [5.74, 6) is -1.17. The van der Waals surface area contributed by atoms with Gasteiger partial charge in [-0.1, -0.05) is 60.1 Å². The number of ether oxygens (including phenoxy) is 1. The zero-order valence-corrected chi connectivity index (χ0v) is 25.4. The molecule has 39 heavy (non-hydrogen) atoms. The number of hydrogen-bond donors (Lipinski definition) is 2. The Kier molecular flexibility index (Phi) is 10.0. The number of nitrogens with zero attached hydrogens (tertiary/aromatic N) is 2. The van der Waals surface area contributed by atoms with Gasteiger partial charge in [0.1, 0.15) is 16.3 Å². The molecule has 9 nitrogen and oxygen atoms in total. The predicted octanol–water partition coefficient (Wildman–Crippen LogP) is 3.71. The average Bonchev–Trinajstić information content (AvgIpc) is 2.88. The Balaban J connectivity index is 0.00000420. The van der Waals surface area contributed by atoms with Crippen molar-refractivity contribution in [1.82, 2.24) is 0 Å². The number of rotatable bonds is 7. The van der Waals surface area contributed by atoms with E-state index in [1.807, 2.05) is 0 Å². The maximum absolute atomic E-state index is 13.4. The molecule has 0 saturated heterocycles. The van der Waals surface area contributed by atoms with Crippen LogP contribution < -0.4 is 44.7 Å². The second kappa shape index (κ2) is 12.6. The molecule has 0 heterocycles. The van der Waals surface area contributed by atoms with Gasteiger partial charge in [0.2, 0.25) is 0 Å². The van der Waals surface area contributed by atoms with E-state index in [4.69, 9.17) is 27.9 Å². The summed E-state index contributed by atoms with van der Waals surface area (Å²) >= 11 is 12.1. The van der Waals surface area contributed by atoms with Crippen molar-refractivity contribution in [3.05, 3.63) is 81.8 Å². The summed E-state index contributed by atoms with van der Waals surface area (Å²) in [5.41, 5.74) is 0.229. The van der Waals surface area contributed by atoms with Crippen molar-refractivity contribution >= 4 is 67.1 Å². The molecule has 1 amide bonds. The third-order valence-electron chi connectivity index (χ3n) is 5.68. The molecule has 0 saturated carbocycles. The SMILES string of the molecule is CCc1cc(N=Nc2c([O-])c(C(=O)Nc3ccc(Cl)cc3OC)cc3ccccc23)c(S(=O)(=O)O)cc1Cl.[Na+]. The zero-order chi connectivity index (χ0) is 27.6. The second-order valence-corrected chi connectivity index (χ2v) is 10.3. The van der Waals surface area contributed by atoms with Crippen molar-refractivity contribution in [3.8, 4) is 11.5 Å². The average molecular weight is 596 g/mol. The number of azo groups is 1. The number of halogens is 2. The summed E-state index contributed by atoms with van der Waals surface area (Å²) in [6.45, 7) is 1.80. The number of fused-ring (bicyclic) bond motifs is 1. The predicted molar refractivity (Wildman–Crippen MR) is 144 cm³/mol. The minimum Gasteiger partial charge on any atom is -0.870 e. The van der Waals surface area contributed by atoms with Crippen LogP contribution in [0.3, 0.4) is 0 Å². The van der Waals surface area contributed by atoms with E-state index in [9.17, 15) is 22.9 Å². The normalized spacial score (nSPS) is 11.4. The summed E-state index contributed by atoms with van der Waals surface area (Å²) in [6, 6.07) is 15.2. The van der Waals surface area contributed by atoms with Gasteiger partial charge in [0.15, 0.2) is 0 Å². The van der Waals surface area contributed by atoms with Crippen LogP contribution >= 0.6 is 23.2 Å². The third-order valence-corrected chi connectivity index (χ3v) is 7.15. The molecule has 0 unspecified atom stereocenters. The number of carbonyl (C=O) groups excluding carboxylic acids is 1. The van der Waals surface area contributed by atoms with E-state index in [-0.39, 0.29) is 51.5 Å². The van der Waals surface area contributed by atoms with Gasteiger partial charge in [-0.25, -0.2) is 0 Å². The third kappa shape index (κ3) is 6.72. The standard InChI is InChI=1S/C26H21Cl2N3O6S.Na/c1-3-14-11-21(23(13-19(14)28)38(34,35)36)30-31-24-17-7-5-4-6-15(17)10-18(25(24)32)26(33)29-20-9-8-16(27)12-22(20)37-2;/h4-13,32H,3H2,1-2H3,(H,29,33)(H,34,35,36);/q;+1/p-1. The van der Waals surface area contributed by atoms with Crippen molar-refractivity contribution in [1.29, 1.82) is 0 Å². The molecule has 2 N–H and O–H groups in total. The molecule has 4 rings (SSSR count). The molecular weight excluding hydrogens is 576 g/mol. The fourth-order valence-electron chi connectivity index (χ4n) is 3.78. The van der Waals surface area contributed by atoms with E-state index >= 15 is 0 Å². The van der Waals surface area contributed by atoms with Crippen molar-refractivity contribution in [2.75, 3.05) is 12.4 Å². The molecule has 0 bridgehead atoms. The fourth-order valence-corrected chi connectivity index (χ4v) is 4.94. The first-order chi connectivity index (χ1) is 18.0. The van der Waals surface area contributed by atoms with E-state index in [1.165, 1.54) is 31.4 Å². The number of methoxy groups -OCH3 is 1. The number of carbonyl (C=O) groups is 1. The molecule has 0 atom stereocenters. The van der Waals surface area contributed by atoms with E-state index in [0.717, 1.165) is 6.07 Å². The Morgan fingerprint density at radius 2 is 1.79 bits per heavy atom. The number of amides is 1. The van der Waals surface area contributed by atoms with Crippen LogP contribution in [0, 0.1) is 0 Å². The van der Waals surface area contributed by atoms with Crippen LogP contribution in [-0.2, 0) is 16.5 Å². The van der Waals surface area contributed by atoms with Crippen LogP contribution in [0.1, 0.15) is 22.8 Å². The topological polar surface area (TPSA) is 140 Å². The van der Waals surface area contributed by atoms with Gasteiger partial charge in [0.25, 0.3) is 16.0 Å². The summed E-state index contributed by atoms with van der Waals surface area (Å²) in [7, 11) is -3.29. The molecule has 0 spiro atoms. The van der Waals surface area contributed by atoms with Crippen LogP contribution in [0.2, 0.25) is 10.0 Å². The monoisotopic (exact) mass is 595 g/mol. The van der Waals surface area contributed by atoms with Gasteiger partial charge in [0, 0.05) is 27.1 Å². The first kappa shape index (κ1) is 30.8. The zero-order valence-electron chi connectivity index (χ0n) is 21.0. The van der Waals surface area contributed by atoms with Gasteiger partial charge in [0.05, 0.1) is 18.5 Å². The van der Waals surface area contributed by atoms with Crippen molar-refractivity contribution in [2.24, 2.45) is 10.2 Å². The number of hydrogen-bond acceptors (Lipinski definition) is 7. The summed E-state index contributed by atoms with van der Waals surface area (Å²) in [4.78, 5) is 12.6. The summed E-state index contributed by atoms with van der Waals surface area (Å²) in [6.07, 6.45) is 0.451. The van der Waals surface area contributed by atoms with Crippen LogP contribution in [0.15, 0.2) is 75.8 Å². The molecular formula is C26H20Cl2N3NaO6S. The smallest absolute Gasteiger partial charge is 0.870 e. The molecule has 4 aromatic carbocycles. The fraction of sp³-hybridized carbons (Fsp3) is 0.115. The van der Waals surface area contributed by atoms with Gasteiger partial charge in [-0.2, -0.15) is 13.5 Å². The Hall–Kier alpha value is -2.70. The molecule has 196 valence electrons. The minimum atomic E-state index is -4.71. The van der Waals surface area contributed by atoms with E-state index < -0.39 is 26.7 Å². The Morgan fingerprint density at radius 3 is 2.46 bits per heavy atom.